The number of hydrogen-bond acceptors (Lipinski definition) is 3. The molecule has 0 spiro atoms. The van der Waals surface area contributed by atoms with E-state index in [2.05, 4.69) is 49.4 Å². The van der Waals surface area contributed by atoms with Gasteiger partial charge in [-0.15, -0.1) is 0 Å². The van der Waals surface area contributed by atoms with Crippen molar-refractivity contribution in [1.29, 1.82) is 0 Å². The largest absolute Gasteiger partial charge is 0.326 e. The molecule has 1 aliphatic heterocycles. The number of thiophene rings is 1. The second-order valence-corrected chi connectivity index (χ2v) is 7.49. The SMILES string of the molecule is CC(N)C(c1ccsc1)N1CCC(C(C)(C)C)C1. The fourth-order valence-corrected chi connectivity index (χ4v) is 3.73. The maximum Gasteiger partial charge on any atom is 0.0504 e. The molecular formula is C15H26N2S. The highest BCUT2D eigenvalue weighted by molar-refractivity contribution is 7.07. The van der Waals surface area contributed by atoms with Crippen LogP contribution in [0.3, 0.4) is 0 Å². The van der Waals surface area contributed by atoms with Crippen LogP contribution in [0.5, 0.6) is 0 Å². The first-order chi connectivity index (χ1) is 8.39. The van der Waals surface area contributed by atoms with E-state index in [9.17, 15) is 0 Å². The summed E-state index contributed by atoms with van der Waals surface area (Å²) >= 11 is 1.77. The van der Waals surface area contributed by atoms with E-state index in [4.69, 9.17) is 5.73 Å². The Morgan fingerprint density at radius 1 is 1.44 bits per heavy atom. The molecule has 0 saturated carbocycles. The van der Waals surface area contributed by atoms with Crippen LogP contribution in [0.1, 0.15) is 45.7 Å². The smallest absolute Gasteiger partial charge is 0.0504 e. The van der Waals surface area contributed by atoms with Gasteiger partial charge in [0.2, 0.25) is 0 Å². The number of nitrogens with two attached hydrogens (primary N) is 1. The maximum atomic E-state index is 6.23. The number of nitrogens with zero attached hydrogens (tertiary/aromatic N) is 1. The number of likely N-dealkylation sites (tertiary alicyclic amines) is 1. The normalized spacial score (nSPS) is 25.3. The van der Waals surface area contributed by atoms with E-state index >= 15 is 0 Å². The predicted molar refractivity (Wildman–Crippen MR) is 79.8 cm³/mol. The summed E-state index contributed by atoms with van der Waals surface area (Å²) in [5, 5.41) is 4.40. The Balaban J connectivity index is 2.11. The standard InChI is InChI=1S/C15H26N2S/c1-11(16)14(12-6-8-18-10-12)17-7-5-13(9-17)15(2,3)4/h6,8,10-11,13-14H,5,7,9,16H2,1-4H3. The predicted octanol–water partition coefficient (Wildman–Crippen LogP) is 3.50. The van der Waals surface area contributed by atoms with Gasteiger partial charge >= 0.3 is 0 Å². The van der Waals surface area contributed by atoms with Crippen LogP contribution in [0.2, 0.25) is 0 Å². The van der Waals surface area contributed by atoms with Crippen molar-refractivity contribution in [3.8, 4) is 0 Å². The van der Waals surface area contributed by atoms with E-state index < -0.39 is 0 Å². The molecule has 1 saturated heterocycles. The molecule has 1 aliphatic rings. The summed E-state index contributed by atoms with van der Waals surface area (Å²) in [6.07, 6.45) is 1.30. The van der Waals surface area contributed by atoms with Crippen molar-refractivity contribution < 1.29 is 0 Å². The molecular weight excluding hydrogens is 240 g/mol. The van der Waals surface area contributed by atoms with Crippen LogP contribution in [0.4, 0.5) is 0 Å². The summed E-state index contributed by atoms with van der Waals surface area (Å²) in [5.74, 6) is 0.789. The zero-order valence-electron chi connectivity index (χ0n) is 12.0. The summed E-state index contributed by atoms with van der Waals surface area (Å²) in [6, 6.07) is 2.81. The van der Waals surface area contributed by atoms with Crippen LogP contribution in [0.25, 0.3) is 0 Å². The van der Waals surface area contributed by atoms with E-state index in [1.54, 1.807) is 11.3 Å². The fraction of sp³-hybridized carbons (Fsp3) is 0.733. The van der Waals surface area contributed by atoms with Crippen LogP contribution >= 0.6 is 11.3 Å². The van der Waals surface area contributed by atoms with Gasteiger partial charge in [-0.05, 0) is 53.6 Å². The Kier molecular flexibility index (Phi) is 4.15. The third-order valence-corrected chi connectivity index (χ3v) is 4.92. The first kappa shape index (κ1) is 14.0. The molecule has 2 nitrogen and oxygen atoms in total. The minimum Gasteiger partial charge on any atom is -0.326 e. The van der Waals surface area contributed by atoms with Gasteiger partial charge in [0.05, 0.1) is 6.04 Å². The van der Waals surface area contributed by atoms with Gasteiger partial charge in [0.15, 0.2) is 0 Å². The molecule has 102 valence electrons. The maximum absolute atomic E-state index is 6.23. The minimum absolute atomic E-state index is 0.193. The highest BCUT2D eigenvalue weighted by Crippen LogP contribution is 2.38. The molecule has 0 bridgehead atoms. The van der Waals surface area contributed by atoms with Crippen molar-refractivity contribution in [2.45, 2.75) is 46.2 Å². The van der Waals surface area contributed by atoms with E-state index in [1.165, 1.54) is 25.1 Å². The molecule has 0 aliphatic carbocycles. The van der Waals surface area contributed by atoms with Gasteiger partial charge in [0.25, 0.3) is 0 Å². The van der Waals surface area contributed by atoms with Gasteiger partial charge in [0.1, 0.15) is 0 Å². The lowest BCUT2D eigenvalue weighted by Gasteiger charge is -2.32. The minimum atomic E-state index is 0.193. The highest BCUT2D eigenvalue weighted by atomic mass is 32.1. The molecule has 2 heterocycles. The number of hydrogen-bond donors (Lipinski definition) is 1. The molecule has 0 radical (unpaired) electrons. The average molecular weight is 266 g/mol. The van der Waals surface area contributed by atoms with Gasteiger partial charge in [-0.3, -0.25) is 4.90 Å². The molecule has 0 amide bonds. The zero-order valence-corrected chi connectivity index (χ0v) is 12.8. The van der Waals surface area contributed by atoms with Gasteiger partial charge in [-0.1, -0.05) is 20.8 Å². The molecule has 2 N–H and O–H groups in total. The Bertz CT molecular complexity index is 364. The Labute approximate surface area is 115 Å². The average Bonchev–Trinajstić information content (AvgIpc) is 2.86. The van der Waals surface area contributed by atoms with E-state index in [0.717, 1.165) is 5.92 Å². The molecule has 18 heavy (non-hydrogen) atoms. The van der Waals surface area contributed by atoms with Crippen molar-refractivity contribution in [3.05, 3.63) is 22.4 Å². The summed E-state index contributed by atoms with van der Waals surface area (Å²) < 4.78 is 0. The van der Waals surface area contributed by atoms with Crippen molar-refractivity contribution >= 4 is 11.3 Å². The Morgan fingerprint density at radius 3 is 2.61 bits per heavy atom. The van der Waals surface area contributed by atoms with Crippen molar-refractivity contribution in [1.82, 2.24) is 4.90 Å². The van der Waals surface area contributed by atoms with Crippen molar-refractivity contribution in [3.63, 3.8) is 0 Å². The van der Waals surface area contributed by atoms with E-state index in [1.807, 2.05) is 0 Å². The zero-order chi connectivity index (χ0) is 13.3. The van der Waals surface area contributed by atoms with Crippen LogP contribution in [-0.2, 0) is 0 Å². The summed E-state index contributed by atoms with van der Waals surface area (Å²) in [4.78, 5) is 2.59. The molecule has 3 unspecified atom stereocenters. The molecule has 3 heteroatoms. The lowest BCUT2D eigenvalue weighted by molar-refractivity contribution is 0.180. The summed E-state index contributed by atoms with van der Waals surface area (Å²) in [6.45, 7) is 11.6. The van der Waals surface area contributed by atoms with Crippen LogP contribution in [0.15, 0.2) is 16.8 Å². The first-order valence-electron chi connectivity index (χ1n) is 6.91. The molecule has 1 aromatic rings. The highest BCUT2D eigenvalue weighted by Gasteiger charge is 2.36. The van der Waals surface area contributed by atoms with E-state index in [-0.39, 0.29) is 6.04 Å². The van der Waals surface area contributed by atoms with Gasteiger partial charge in [0, 0.05) is 12.6 Å². The lowest BCUT2D eigenvalue weighted by Crippen LogP contribution is -2.38. The molecule has 1 aromatic heterocycles. The Hall–Kier alpha value is -0.380. The van der Waals surface area contributed by atoms with Crippen molar-refractivity contribution in [2.24, 2.45) is 17.1 Å². The Morgan fingerprint density at radius 2 is 2.17 bits per heavy atom. The third kappa shape index (κ3) is 2.95. The van der Waals surface area contributed by atoms with Gasteiger partial charge in [-0.2, -0.15) is 11.3 Å². The van der Waals surface area contributed by atoms with Crippen LogP contribution < -0.4 is 5.73 Å². The van der Waals surface area contributed by atoms with E-state index in [0.29, 0.717) is 11.5 Å². The summed E-state index contributed by atoms with van der Waals surface area (Å²) in [7, 11) is 0. The monoisotopic (exact) mass is 266 g/mol. The van der Waals surface area contributed by atoms with Gasteiger partial charge in [-0.25, -0.2) is 0 Å². The molecule has 1 fully saturated rings. The molecule has 3 atom stereocenters. The van der Waals surface area contributed by atoms with Crippen LogP contribution in [0, 0.1) is 11.3 Å². The van der Waals surface area contributed by atoms with Gasteiger partial charge < -0.3 is 5.73 Å². The van der Waals surface area contributed by atoms with Crippen LogP contribution in [-0.4, -0.2) is 24.0 Å². The quantitative estimate of drug-likeness (QED) is 0.907. The number of rotatable bonds is 3. The molecule has 0 aromatic carbocycles. The van der Waals surface area contributed by atoms with Crippen molar-refractivity contribution in [2.75, 3.05) is 13.1 Å². The molecule has 2 rings (SSSR count). The summed E-state index contributed by atoms with van der Waals surface area (Å²) in [5.41, 5.74) is 8.03. The second kappa shape index (κ2) is 5.32. The fourth-order valence-electron chi connectivity index (χ4n) is 3.04. The first-order valence-corrected chi connectivity index (χ1v) is 7.85. The third-order valence-electron chi connectivity index (χ3n) is 4.22. The lowest BCUT2D eigenvalue weighted by atomic mass is 9.80. The second-order valence-electron chi connectivity index (χ2n) is 6.71. The topological polar surface area (TPSA) is 29.3 Å².